The molecule has 0 bridgehead atoms. The Morgan fingerprint density at radius 1 is 1.04 bits per heavy atom. The predicted molar refractivity (Wildman–Crippen MR) is 189 cm³/mol. The molecule has 5 rings (SSSR count). The Kier molecular flexibility index (Phi) is 11.5. The highest BCUT2D eigenvalue weighted by Crippen LogP contribution is 2.49. The van der Waals surface area contributed by atoms with E-state index in [1.54, 1.807) is 44.4 Å². The number of aromatic nitrogens is 2. The van der Waals surface area contributed by atoms with E-state index < -0.39 is 75.1 Å². The predicted octanol–water partition coefficient (Wildman–Crippen LogP) is 7.68. The van der Waals surface area contributed by atoms with Gasteiger partial charge < -0.3 is 19.3 Å². The molecule has 3 heterocycles. The van der Waals surface area contributed by atoms with Crippen LogP contribution in [-0.2, 0) is 22.2 Å². The van der Waals surface area contributed by atoms with Crippen molar-refractivity contribution in [3.05, 3.63) is 50.9 Å². The first-order valence-corrected chi connectivity index (χ1v) is 18.3. The maximum absolute atomic E-state index is 15.5. The van der Waals surface area contributed by atoms with Crippen molar-refractivity contribution in [3.63, 3.8) is 0 Å². The van der Waals surface area contributed by atoms with E-state index in [9.17, 15) is 14.0 Å². The van der Waals surface area contributed by atoms with Gasteiger partial charge in [0.05, 0.1) is 47.4 Å². The maximum atomic E-state index is 15.5. The van der Waals surface area contributed by atoms with Gasteiger partial charge in [-0.3, -0.25) is 9.47 Å². The van der Waals surface area contributed by atoms with Gasteiger partial charge in [0.2, 0.25) is 0 Å². The molecule has 9 nitrogen and oxygen atoms in total. The molecular weight excluding hydrogens is 717 g/mol. The lowest BCUT2D eigenvalue weighted by molar-refractivity contribution is -0.137. The molecule has 0 aliphatic carbocycles. The summed E-state index contributed by atoms with van der Waals surface area (Å²) in [6.07, 6.45) is -6.14. The van der Waals surface area contributed by atoms with Gasteiger partial charge in [0, 0.05) is 52.9 Å². The lowest BCUT2D eigenvalue weighted by Gasteiger charge is -2.45. The summed E-state index contributed by atoms with van der Waals surface area (Å²) in [7, 11) is 0. The van der Waals surface area contributed by atoms with E-state index in [1.165, 1.54) is 4.57 Å². The van der Waals surface area contributed by atoms with Crippen LogP contribution >= 0.6 is 23.4 Å². The van der Waals surface area contributed by atoms with Crippen LogP contribution in [0.4, 0.5) is 32.6 Å². The summed E-state index contributed by atoms with van der Waals surface area (Å²) in [6, 6.07) is 1.24. The fraction of sp³-hybridized carbons (Fsp3) is 0.571. The number of amides is 1. The van der Waals surface area contributed by atoms with Crippen molar-refractivity contribution in [2.75, 3.05) is 50.0 Å². The van der Waals surface area contributed by atoms with E-state index in [0.29, 0.717) is 19.2 Å². The van der Waals surface area contributed by atoms with Crippen molar-refractivity contribution >= 4 is 46.2 Å². The molecule has 2 aromatic carbocycles. The molecule has 0 radical (unpaired) electrons. The Bertz CT molecular complexity index is 1840. The summed E-state index contributed by atoms with van der Waals surface area (Å²) in [5.41, 5.74) is -3.64. The average molecular weight is 760 g/mol. The van der Waals surface area contributed by atoms with Gasteiger partial charge >= 0.3 is 18.0 Å². The summed E-state index contributed by atoms with van der Waals surface area (Å²) in [5.74, 6) is -2.22. The smallest absolute Gasteiger partial charge is 0.417 e. The summed E-state index contributed by atoms with van der Waals surface area (Å²) < 4.78 is 88.2. The molecule has 3 atom stereocenters. The molecule has 1 saturated heterocycles. The van der Waals surface area contributed by atoms with E-state index in [4.69, 9.17) is 21.1 Å². The monoisotopic (exact) mass is 759 g/mol. The molecule has 1 fully saturated rings. The molecule has 0 spiro atoms. The molecule has 3 aromatic rings. The number of halogens is 6. The van der Waals surface area contributed by atoms with Gasteiger partial charge in [0.1, 0.15) is 23.1 Å². The number of ether oxygens (including phenoxy) is 2. The van der Waals surface area contributed by atoms with E-state index >= 15 is 17.6 Å². The van der Waals surface area contributed by atoms with Crippen molar-refractivity contribution in [1.29, 1.82) is 0 Å². The molecule has 280 valence electrons. The van der Waals surface area contributed by atoms with Crippen LogP contribution in [0.15, 0.2) is 27.9 Å². The fourth-order valence-corrected chi connectivity index (χ4v) is 8.18. The Morgan fingerprint density at radius 2 is 1.69 bits per heavy atom. The van der Waals surface area contributed by atoms with E-state index in [-0.39, 0.29) is 47.0 Å². The zero-order valence-electron chi connectivity index (χ0n) is 29.7. The van der Waals surface area contributed by atoms with Crippen LogP contribution in [0.5, 0.6) is 0 Å². The van der Waals surface area contributed by atoms with Crippen molar-refractivity contribution < 1.29 is 36.2 Å². The Hall–Kier alpha value is -3.14. The largest absolute Gasteiger partial charge is 0.444 e. The van der Waals surface area contributed by atoms with E-state index in [0.717, 1.165) is 37.0 Å². The topological polar surface area (TPSA) is 80.1 Å². The van der Waals surface area contributed by atoms with Gasteiger partial charge in [-0.2, -0.15) is 18.2 Å². The zero-order valence-corrected chi connectivity index (χ0v) is 31.2. The average Bonchev–Trinajstić information content (AvgIpc) is 3.22. The SMILES string of the molecule is CCN(CC)CCO[C@@H]1CSc2c(-c3cc(Cl)c(F)cc3F)c(C(F)(F)F)cc3c(N4C[C@@H](C)N(C(=O)OC(C)(C)C)[C@@H](C)C4)nc(=O)n(c23)C1. The van der Waals surface area contributed by atoms with Crippen LogP contribution in [0.1, 0.15) is 54.0 Å². The van der Waals surface area contributed by atoms with Crippen LogP contribution in [-0.4, -0.2) is 94.3 Å². The van der Waals surface area contributed by atoms with Gasteiger partial charge in [0.15, 0.2) is 0 Å². The standard InChI is InChI=1S/C35H43ClF5N5O4S/c1-8-43(9-2)10-11-49-21-17-45-29-23(31(42-32(45)47)44-15-19(3)46(20(4)16-44)33(48)50-34(5,6)7)12-24(35(39,40)41)28(30(29)51-18-21)22-13-25(36)27(38)14-26(22)37/h12-14,19-21H,8-11,15-18H2,1-7H3/t19-,20+,21-/m0/s1. The van der Waals surface area contributed by atoms with Crippen molar-refractivity contribution in [1.82, 2.24) is 19.4 Å². The molecule has 0 saturated carbocycles. The van der Waals surface area contributed by atoms with Crippen LogP contribution in [0.3, 0.4) is 0 Å². The van der Waals surface area contributed by atoms with Crippen LogP contribution in [0.25, 0.3) is 22.0 Å². The first-order valence-electron chi connectivity index (χ1n) is 16.9. The quantitative estimate of drug-likeness (QED) is 0.171. The van der Waals surface area contributed by atoms with E-state index in [1.807, 2.05) is 13.8 Å². The first-order chi connectivity index (χ1) is 23.8. The lowest BCUT2D eigenvalue weighted by atomic mass is 9.95. The molecule has 0 N–H and O–H groups in total. The number of benzene rings is 2. The number of likely N-dealkylation sites (N-methyl/N-ethyl adjacent to an activating group) is 1. The lowest BCUT2D eigenvalue weighted by Crippen LogP contribution is -2.59. The molecule has 1 aromatic heterocycles. The Labute approximate surface area is 303 Å². The molecule has 2 aliphatic heterocycles. The summed E-state index contributed by atoms with van der Waals surface area (Å²) in [4.78, 5) is 36.8. The molecular formula is C35H43ClF5N5O4S. The molecule has 2 aliphatic rings. The van der Waals surface area contributed by atoms with Crippen molar-refractivity contribution in [2.45, 2.75) is 89.9 Å². The Balaban J connectivity index is 1.70. The van der Waals surface area contributed by atoms with Gasteiger partial charge in [-0.1, -0.05) is 25.4 Å². The normalized spacial score (nSPS) is 19.9. The second-order valence-electron chi connectivity index (χ2n) is 13.9. The summed E-state index contributed by atoms with van der Waals surface area (Å²) in [6.45, 7) is 15.6. The Morgan fingerprint density at radius 3 is 2.27 bits per heavy atom. The first kappa shape index (κ1) is 39.1. The van der Waals surface area contributed by atoms with Crippen molar-refractivity contribution in [3.8, 4) is 11.1 Å². The molecule has 0 unspecified atom stereocenters. The number of anilines is 1. The number of nitrogens with zero attached hydrogens (tertiary/aromatic N) is 5. The third-order valence-electron chi connectivity index (χ3n) is 9.06. The third-order valence-corrected chi connectivity index (χ3v) is 10.6. The minimum absolute atomic E-state index is 0.00574. The summed E-state index contributed by atoms with van der Waals surface area (Å²) >= 11 is 7.02. The van der Waals surface area contributed by atoms with Gasteiger partial charge in [-0.25, -0.2) is 18.4 Å². The van der Waals surface area contributed by atoms with Gasteiger partial charge in [0.25, 0.3) is 0 Å². The zero-order chi connectivity index (χ0) is 37.6. The highest BCUT2D eigenvalue weighted by Gasteiger charge is 2.41. The van der Waals surface area contributed by atoms with Gasteiger partial charge in [-0.05, 0) is 59.8 Å². The maximum Gasteiger partial charge on any atom is 0.417 e. The van der Waals surface area contributed by atoms with Crippen LogP contribution < -0.4 is 10.6 Å². The second kappa shape index (κ2) is 15.1. The van der Waals surface area contributed by atoms with Crippen LogP contribution in [0.2, 0.25) is 5.02 Å². The van der Waals surface area contributed by atoms with Crippen LogP contribution in [0, 0.1) is 11.6 Å². The minimum Gasteiger partial charge on any atom is -0.444 e. The number of hydrogen-bond donors (Lipinski definition) is 0. The number of piperazine rings is 1. The number of rotatable bonds is 8. The number of carbonyl (C=O) groups excluding carboxylic acids is 1. The number of alkyl halides is 3. The van der Waals surface area contributed by atoms with E-state index in [2.05, 4.69) is 9.88 Å². The molecule has 1 amide bonds. The molecule has 16 heteroatoms. The molecule has 51 heavy (non-hydrogen) atoms. The number of hydrogen-bond acceptors (Lipinski definition) is 8. The number of carbonyl (C=O) groups is 1. The van der Waals surface area contributed by atoms with Crippen molar-refractivity contribution in [2.24, 2.45) is 0 Å². The number of thioether (sulfide) groups is 1. The third kappa shape index (κ3) is 8.26. The summed E-state index contributed by atoms with van der Waals surface area (Å²) in [5, 5.41) is -0.530. The minimum atomic E-state index is -5.01. The fourth-order valence-electron chi connectivity index (χ4n) is 6.74. The highest BCUT2D eigenvalue weighted by atomic mass is 35.5. The second-order valence-corrected chi connectivity index (χ2v) is 15.4. The highest BCUT2D eigenvalue weighted by molar-refractivity contribution is 7.99. The van der Waals surface area contributed by atoms with Gasteiger partial charge in [-0.15, -0.1) is 11.8 Å².